The summed E-state index contributed by atoms with van der Waals surface area (Å²) < 4.78 is 0. The lowest BCUT2D eigenvalue weighted by Gasteiger charge is -2.08. The van der Waals surface area contributed by atoms with Crippen molar-refractivity contribution in [3.05, 3.63) is 35.9 Å². The van der Waals surface area contributed by atoms with Crippen molar-refractivity contribution in [3.63, 3.8) is 0 Å². The van der Waals surface area contributed by atoms with E-state index in [1.54, 1.807) is 0 Å². The van der Waals surface area contributed by atoms with Crippen LogP contribution in [0.1, 0.15) is 25.3 Å². The number of rotatable bonds is 2. The molecule has 0 aromatic heterocycles. The molecule has 0 heterocycles. The third-order valence-corrected chi connectivity index (χ3v) is 2.26. The van der Waals surface area contributed by atoms with Crippen molar-refractivity contribution in [1.82, 2.24) is 0 Å². The lowest BCUT2D eigenvalue weighted by atomic mass is 9.99. The van der Waals surface area contributed by atoms with Gasteiger partial charge in [0.1, 0.15) is 0 Å². The Morgan fingerprint density at radius 2 is 1.82 bits per heavy atom. The summed E-state index contributed by atoms with van der Waals surface area (Å²) in [5, 5.41) is 0. The Hall–Kier alpha value is -0.690. The number of hydrogen-bond donors (Lipinski definition) is 0. The fraction of sp³-hybridized carbons (Fsp3) is 0.300. The van der Waals surface area contributed by atoms with Gasteiger partial charge in [0.25, 0.3) is 0 Å². The molecule has 0 saturated heterocycles. The number of thiocarbonyl (C=S) groups is 1. The van der Waals surface area contributed by atoms with Crippen LogP contribution in [-0.4, -0.2) is 4.86 Å². The SMILES string of the molecule is CC(=S)C(C)c1ccccc1. The quantitative estimate of drug-likeness (QED) is 0.605. The molecule has 1 atom stereocenters. The lowest BCUT2D eigenvalue weighted by Crippen LogP contribution is -2.00. The van der Waals surface area contributed by atoms with Gasteiger partial charge in [-0.3, -0.25) is 0 Å². The Balaban J connectivity index is 2.85. The minimum Gasteiger partial charge on any atom is -0.0893 e. The highest BCUT2D eigenvalue weighted by atomic mass is 32.1. The molecular weight excluding hydrogens is 152 g/mol. The molecule has 58 valence electrons. The van der Waals surface area contributed by atoms with Gasteiger partial charge < -0.3 is 0 Å². The monoisotopic (exact) mass is 164 g/mol. The molecule has 0 N–H and O–H groups in total. The van der Waals surface area contributed by atoms with Crippen LogP contribution in [0.2, 0.25) is 0 Å². The van der Waals surface area contributed by atoms with Crippen molar-refractivity contribution in [2.45, 2.75) is 19.8 Å². The van der Waals surface area contributed by atoms with Crippen LogP contribution in [-0.2, 0) is 0 Å². The summed E-state index contributed by atoms with van der Waals surface area (Å²) in [7, 11) is 0. The molecule has 0 aliphatic carbocycles. The van der Waals surface area contributed by atoms with E-state index in [4.69, 9.17) is 12.2 Å². The molecule has 0 radical (unpaired) electrons. The second-order valence-corrected chi connectivity index (χ2v) is 3.39. The molecule has 1 aromatic rings. The van der Waals surface area contributed by atoms with E-state index in [1.165, 1.54) is 5.56 Å². The minimum absolute atomic E-state index is 0.409. The first-order valence-electron chi connectivity index (χ1n) is 3.77. The van der Waals surface area contributed by atoms with E-state index in [0.717, 1.165) is 4.86 Å². The van der Waals surface area contributed by atoms with E-state index < -0.39 is 0 Å². The van der Waals surface area contributed by atoms with E-state index in [9.17, 15) is 0 Å². The van der Waals surface area contributed by atoms with Gasteiger partial charge in [0.15, 0.2) is 0 Å². The van der Waals surface area contributed by atoms with E-state index in [2.05, 4.69) is 19.1 Å². The Morgan fingerprint density at radius 1 is 1.27 bits per heavy atom. The van der Waals surface area contributed by atoms with Crippen LogP contribution in [0.25, 0.3) is 0 Å². The Morgan fingerprint density at radius 3 is 2.27 bits per heavy atom. The predicted octanol–water partition coefficient (Wildman–Crippen LogP) is 3.18. The molecule has 0 bridgehead atoms. The fourth-order valence-electron chi connectivity index (χ4n) is 0.976. The third-order valence-electron chi connectivity index (χ3n) is 1.91. The minimum atomic E-state index is 0.409. The van der Waals surface area contributed by atoms with Crippen LogP contribution in [0, 0.1) is 0 Å². The summed E-state index contributed by atoms with van der Waals surface area (Å²) >= 11 is 5.10. The van der Waals surface area contributed by atoms with Crippen LogP contribution in [0.15, 0.2) is 30.3 Å². The maximum Gasteiger partial charge on any atom is 0.0122 e. The number of hydrogen-bond acceptors (Lipinski definition) is 1. The first kappa shape index (κ1) is 8.41. The average Bonchev–Trinajstić information content (AvgIpc) is 2.05. The Kier molecular flexibility index (Phi) is 2.77. The van der Waals surface area contributed by atoms with Gasteiger partial charge in [-0.2, -0.15) is 0 Å². The summed E-state index contributed by atoms with van der Waals surface area (Å²) in [6, 6.07) is 10.3. The summed E-state index contributed by atoms with van der Waals surface area (Å²) in [6.45, 7) is 4.13. The molecule has 11 heavy (non-hydrogen) atoms. The molecule has 0 fully saturated rings. The van der Waals surface area contributed by atoms with Crippen molar-refractivity contribution in [2.24, 2.45) is 0 Å². The van der Waals surface area contributed by atoms with Crippen molar-refractivity contribution < 1.29 is 0 Å². The van der Waals surface area contributed by atoms with Crippen LogP contribution < -0.4 is 0 Å². The van der Waals surface area contributed by atoms with Crippen molar-refractivity contribution in [2.75, 3.05) is 0 Å². The highest BCUT2D eigenvalue weighted by Crippen LogP contribution is 2.15. The molecule has 1 unspecified atom stereocenters. The zero-order valence-electron chi connectivity index (χ0n) is 6.87. The van der Waals surface area contributed by atoms with Crippen LogP contribution in [0.4, 0.5) is 0 Å². The molecule has 0 amide bonds. The Labute approximate surface area is 73.2 Å². The van der Waals surface area contributed by atoms with Gasteiger partial charge in [-0.05, 0) is 17.4 Å². The molecule has 0 saturated carbocycles. The smallest absolute Gasteiger partial charge is 0.0122 e. The van der Waals surface area contributed by atoms with Crippen molar-refractivity contribution >= 4 is 17.1 Å². The van der Waals surface area contributed by atoms with Gasteiger partial charge in [0.05, 0.1) is 0 Å². The highest BCUT2D eigenvalue weighted by molar-refractivity contribution is 7.80. The Bertz CT molecular complexity index is 238. The van der Waals surface area contributed by atoms with Crippen molar-refractivity contribution in [1.29, 1.82) is 0 Å². The van der Waals surface area contributed by atoms with Gasteiger partial charge in [0, 0.05) is 5.92 Å². The van der Waals surface area contributed by atoms with Gasteiger partial charge in [-0.1, -0.05) is 49.5 Å². The molecule has 0 spiro atoms. The molecule has 1 aromatic carbocycles. The van der Waals surface area contributed by atoms with Gasteiger partial charge in [-0.25, -0.2) is 0 Å². The zero-order chi connectivity index (χ0) is 8.27. The lowest BCUT2D eigenvalue weighted by molar-refractivity contribution is 1.03. The second kappa shape index (κ2) is 3.63. The van der Waals surface area contributed by atoms with Crippen molar-refractivity contribution in [3.8, 4) is 0 Å². The molecule has 0 aliphatic heterocycles. The highest BCUT2D eigenvalue weighted by Gasteiger charge is 2.04. The normalized spacial score (nSPS) is 12.5. The van der Waals surface area contributed by atoms with E-state index in [0.29, 0.717) is 5.92 Å². The predicted molar refractivity (Wildman–Crippen MR) is 53.1 cm³/mol. The first-order chi connectivity index (χ1) is 5.22. The summed E-state index contributed by atoms with van der Waals surface area (Å²) in [6.07, 6.45) is 0. The third kappa shape index (κ3) is 2.12. The maximum atomic E-state index is 5.10. The van der Waals surface area contributed by atoms with Crippen LogP contribution in [0.5, 0.6) is 0 Å². The van der Waals surface area contributed by atoms with Gasteiger partial charge >= 0.3 is 0 Å². The van der Waals surface area contributed by atoms with Crippen LogP contribution in [0.3, 0.4) is 0 Å². The maximum absolute atomic E-state index is 5.10. The average molecular weight is 164 g/mol. The largest absolute Gasteiger partial charge is 0.0893 e. The van der Waals surface area contributed by atoms with Gasteiger partial charge in [-0.15, -0.1) is 0 Å². The standard InChI is InChI=1S/C10H12S/c1-8(9(2)11)10-6-4-3-5-7-10/h3-8H,1-2H3. The zero-order valence-corrected chi connectivity index (χ0v) is 7.69. The summed E-state index contributed by atoms with van der Waals surface area (Å²) in [4.78, 5) is 1.05. The summed E-state index contributed by atoms with van der Waals surface area (Å²) in [5.41, 5.74) is 1.31. The first-order valence-corrected chi connectivity index (χ1v) is 4.18. The van der Waals surface area contributed by atoms with Crippen LogP contribution >= 0.6 is 12.2 Å². The van der Waals surface area contributed by atoms with Gasteiger partial charge in [0.2, 0.25) is 0 Å². The molecular formula is C10H12S. The molecule has 0 nitrogen and oxygen atoms in total. The van der Waals surface area contributed by atoms with E-state index >= 15 is 0 Å². The molecule has 1 rings (SSSR count). The molecule has 0 aliphatic rings. The summed E-state index contributed by atoms with van der Waals surface area (Å²) in [5.74, 6) is 0.409. The van der Waals surface area contributed by atoms with E-state index in [1.807, 2.05) is 25.1 Å². The number of benzene rings is 1. The topological polar surface area (TPSA) is 0 Å². The molecule has 1 heteroatoms. The van der Waals surface area contributed by atoms with E-state index in [-0.39, 0.29) is 0 Å². The second-order valence-electron chi connectivity index (χ2n) is 2.74. The fourth-order valence-corrected chi connectivity index (χ4v) is 1.11.